The van der Waals surface area contributed by atoms with Gasteiger partial charge in [0.05, 0.1) is 13.2 Å². The standard InChI is InChI=1S/C15H20O2.C13H16O/c1-14(13-5-3-2-4-6-13)7-9-15(10-8-14)16-11-12-17-15;1-13(9-7-12(14)8-10-13)11-5-3-2-4-6-11/h2-6H,7-12H2,1H3;2-6H,7-10H2,1H3. The van der Waals surface area contributed by atoms with Gasteiger partial charge in [-0.05, 0) is 47.6 Å². The molecule has 2 aromatic carbocycles. The summed E-state index contributed by atoms with van der Waals surface area (Å²) < 4.78 is 11.6. The minimum absolute atomic E-state index is 0.231. The molecule has 0 amide bonds. The highest BCUT2D eigenvalue weighted by Gasteiger charge is 2.44. The summed E-state index contributed by atoms with van der Waals surface area (Å²) in [4.78, 5) is 11.2. The van der Waals surface area contributed by atoms with Crippen LogP contribution in [0.25, 0.3) is 0 Å². The Morgan fingerprint density at radius 3 is 1.48 bits per heavy atom. The largest absolute Gasteiger partial charge is 0.348 e. The molecule has 3 nitrogen and oxygen atoms in total. The number of rotatable bonds is 2. The minimum atomic E-state index is -0.242. The van der Waals surface area contributed by atoms with Gasteiger partial charge >= 0.3 is 0 Å². The van der Waals surface area contributed by atoms with E-state index in [2.05, 4.69) is 68.4 Å². The summed E-state index contributed by atoms with van der Waals surface area (Å²) in [6, 6.07) is 21.4. The maximum Gasteiger partial charge on any atom is 0.168 e. The zero-order chi connectivity index (χ0) is 21.8. The number of carbonyl (C=O) groups excluding carboxylic acids is 1. The Bertz CT molecular complexity index is 832. The second-order valence-electron chi connectivity index (χ2n) is 10.00. The van der Waals surface area contributed by atoms with Crippen LogP contribution in [0.15, 0.2) is 60.7 Å². The van der Waals surface area contributed by atoms with Gasteiger partial charge in [-0.1, -0.05) is 74.5 Å². The topological polar surface area (TPSA) is 35.5 Å². The van der Waals surface area contributed by atoms with Crippen LogP contribution in [0.3, 0.4) is 0 Å². The molecule has 0 N–H and O–H groups in total. The van der Waals surface area contributed by atoms with E-state index in [4.69, 9.17) is 9.47 Å². The van der Waals surface area contributed by atoms with Crippen LogP contribution >= 0.6 is 0 Å². The van der Waals surface area contributed by atoms with Crippen molar-refractivity contribution in [2.75, 3.05) is 13.2 Å². The first-order chi connectivity index (χ1) is 14.9. The van der Waals surface area contributed by atoms with Gasteiger partial charge in [-0.2, -0.15) is 0 Å². The van der Waals surface area contributed by atoms with E-state index in [0.717, 1.165) is 64.6 Å². The number of hydrogen-bond acceptors (Lipinski definition) is 3. The molecule has 3 fully saturated rings. The van der Waals surface area contributed by atoms with Crippen molar-refractivity contribution >= 4 is 5.78 Å². The Balaban J connectivity index is 0.000000152. The third-order valence-electron chi connectivity index (χ3n) is 7.78. The smallest absolute Gasteiger partial charge is 0.168 e. The lowest BCUT2D eigenvalue weighted by molar-refractivity contribution is -0.184. The van der Waals surface area contributed by atoms with Gasteiger partial charge in [0.15, 0.2) is 5.79 Å². The minimum Gasteiger partial charge on any atom is -0.348 e. The first-order valence-electron chi connectivity index (χ1n) is 11.8. The molecule has 31 heavy (non-hydrogen) atoms. The molecule has 1 saturated heterocycles. The number of ether oxygens (including phenoxy) is 2. The maximum absolute atomic E-state index is 11.2. The van der Waals surface area contributed by atoms with Crippen molar-refractivity contribution in [1.82, 2.24) is 0 Å². The monoisotopic (exact) mass is 420 g/mol. The lowest BCUT2D eigenvalue weighted by Gasteiger charge is -2.42. The third kappa shape index (κ3) is 5.10. The molecule has 3 aliphatic rings. The predicted octanol–water partition coefficient (Wildman–Crippen LogP) is 6.35. The summed E-state index contributed by atoms with van der Waals surface area (Å²) in [5.74, 6) is 0.187. The van der Waals surface area contributed by atoms with E-state index in [1.165, 1.54) is 11.1 Å². The van der Waals surface area contributed by atoms with Crippen LogP contribution in [0.5, 0.6) is 0 Å². The van der Waals surface area contributed by atoms with Gasteiger partial charge < -0.3 is 9.47 Å². The Hall–Kier alpha value is -1.97. The van der Waals surface area contributed by atoms with Gasteiger partial charge in [0.2, 0.25) is 0 Å². The average molecular weight is 421 g/mol. The van der Waals surface area contributed by atoms with Gasteiger partial charge in [-0.15, -0.1) is 0 Å². The fourth-order valence-corrected chi connectivity index (χ4v) is 5.31. The Kier molecular flexibility index (Phi) is 6.64. The highest BCUT2D eigenvalue weighted by atomic mass is 16.7. The molecule has 5 rings (SSSR count). The molecule has 2 aliphatic carbocycles. The summed E-state index contributed by atoms with van der Waals surface area (Å²) in [7, 11) is 0. The summed E-state index contributed by atoms with van der Waals surface area (Å²) in [5.41, 5.74) is 3.36. The van der Waals surface area contributed by atoms with E-state index >= 15 is 0 Å². The molecule has 3 heteroatoms. The summed E-state index contributed by atoms with van der Waals surface area (Å²) in [6.45, 7) is 6.17. The SMILES string of the molecule is CC1(c2ccccc2)CCC(=O)CC1.CC1(c2ccccc2)CCC2(CC1)OCCO2. The maximum atomic E-state index is 11.2. The highest BCUT2D eigenvalue weighted by molar-refractivity contribution is 5.79. The van der Waals surface area contributed by atoms with Gasteiger partial charge in [-0.3, -0.25) is 4.79 Å². The van der Waals surface area contributed by atoms with Crippen molar-refractivity contribution in [1.29, 1.82) is 0 Å². The van der Waals surface area contributed by atoms with Crippen molar-refractivity contribution < 1.29 is 14.3 Å². The first-order valence-corrected chi connectivity index (χ1v) is 11.8. The van der Waals surface area contributed by atoms with E-state index in [1.54, 1.807) is 0 Å². The lowest BCUT2D eigenvalue weighted by atomic mass is 9.69. The van der Waals surface area contributed by atoms with Crippen LogP contribution in [0.4, 0.5) is 0 Å². The third-order valence-corrected chi connectivity index (χ3v) is 7.78. The van der Waals surface area contributed by atoms with E-state index in [0.29, 0.717) is 11.2 Å². The molecule has 0 bridgehead atoms. The van der Waals surface area contributed by atoms with Crippen molar-refractivity contribution in [3.05, 3.63) is 71.8 Å². The Labute approximate surface area is 187 Å². The number of ketones is 1. The summed E-state index contributed by atoms with van der Waals surface area (Å²) in [5, 5.41) is 0. The zero-order valence-electron chi connectivity index (χ0n) is 19.1. The number of hydrogen-bond donors (Lipinski definition) is 0. The van der Waals surface area contributed by atoms with Gasteiger partial charge in [0.25, 0.3) is 0 Å². The van der Waals surface area contributed by atoms with Crippen LogP contribution in [0.2, 0.25) is 0 Å². The normalized spacial score (nSPS) is 23.7. The van der Waals surface area contributed by atoms with E-state index in [1.807, 2.05) is 6.07 Å². The molecule has 166 valence electrons. The predicted molar refractivity (Wildman–Crippen MR) is 124 cm³/mol. The van der Waals surface area contributed by atoms with Crippen LogP contribution in [-0.4, -0.2) is 24.8 Å². The molecule has 1 aliphatic heterocycles. The zero-order valence-corrected chi connectivity index (χ0v) is 19.1. The van der Waals surface area contributed by atoms with Crippen LogP contribution in [-0.2, 0) is 25.1 Å². The van der Waals surface area contributed by atoms with Crippen LogP contribution < -0.4 is 0 Å². The molecule has 0 aromatic heterocycles. The van der Waals surface area contributed by atoms with Gasteiger partial charge in [0, 0.05) is 25.7 Å². The molecule has 0 atom stereocenters. The van der Waals surface area contributed by atoms with Gasteiger partial charge in [0.1, 0.15) is 5.78 Å². The van der Waals surface area contributed by atoms with Crippen molar-refractivity contribution in [3.63, 3.8) is 0 Å². The molecular formula is C28H36O3. The fourth-order valence-electron chi connectivity index (χ4n) is 5.31. The van der Waals surface area contributed by atoms with Crippen molar-refractivity contribution in [3.8, 4) is 0 Å². The number of benzene rings is 2. The number of carbonyl (C=O) groups is 1. The number of Topliss-reactive ketones (excluding diaryl/α,β-unsaturated/α-hetero) is 1. The van der Waals surface area contributed by atoms with Crippen LogP contribution in [0, 0.1) is 0 Å². The highest BCUT2D eigenvalue weighted by Crippen LogP contribution is 2.46. The fraction of sp³-hybridized carbons (Fsp3) is 0.536. The lowest BCUT2D eigenvalue weighted by Crippen LogP contribution is -2.40. The quantitative estimate of drug-likeness (QED) is 0.568. The molecule has 1 spiro atoms. The Morgan fingerprint density at radius 1 is 0.613 bits per heavy atom. The van der Waals surface area contributed by atoms with Crippen molar-refractivity contribution in [2.45, 2.75) is 81.8 Å². The van der Waals surface area contributed by atoms with E-state index < -0.39 is 0 Å². The average Bonchev–Trinajstić information content (AvgIpc) is 3.28. The molecule has 2 saturated carbocycles. The second kappa shape index (κ2) is 9.26. The summed E-state index contributed by atoms with van der Waals surface area (Å²) >= 11 is 0. The van der Waals surface area contributed by atoms with Gasteiger partial charge in [-0.25, -0.2) is 0 Å². The van der Waals surface area contributed by atoms with Crippen molar-refractivity contribution in [2.24, 2.45) is 0 Å². The van der Waals surface area contributed by atoms with E-state index in [-0.39, 0.29) is 11.2 Å². The summed E-state index contributed by atoms with van der Waals surface area (Å²) in [6.07, 6.45) is 7.88. The molecule has 0 radical (unpaired) electrons. The molecule has 1 heterocycles. The molecule has 2 aromatic rings. The van der Waals surface area contributed by atoms with E-state index in [9.17, 15) is 4.79 Å². The Morgan fingerprint density at radius 2 is 1.03 bits per heavy atom. The molecule has 0 unspecified atom stereocenters. The first kappa shape index (κ1) is 22.2. The molecular weight excluding hydrogens is 384 g/mol. The second-order valence-corrected chi connectivity index (χ2v) is 10.00. The van der Waals surface area contributed by atoms with Crippen LogP contribution in [0.1, 0.15) is 76.3 Å².